The number of fused-ring (bicyclic) bond motifs is 2. The van der Waals surface area contributed by atoms with E-state index in [1.807, 2.05) is 12.1 Å². The molecule has 138 valence electrons. The largest absolute Gasteiger partial charge is 0.364 e. The highest BCUT2D eigenvalue weighted by Crippen LogP contribution is 2.29. The number of rotatable bonds is 2. The molecule has 3 aromatic rings. The first-order valence-corrected chi connectivity index (χ1v) is 9.91. The third-order valence-corrected chi connectivity index (χ3v) is 6.08. The van der Waals surface area contributed by atoms with Crippen molar-refractivity contribution in [3.63, 3.8) is 0 Å². The Balaban J connectivity index is 1.38. The van der Waals surface area contributed by atoms with Gasteiger partial charge in [0.2, 0.25) is 0 Å². The average molecular weight is 362 g/mol. The summed E-state index contributed by atoms with van der Waals surface area (Å²) in [6, 6.07) is 13.9. The van der Waals surface area contributed by atoms with E-state index in [0.29, 0.717) is 0 Å². The lowest BCUT2D eigenvalue weighted by molar-refractivity contribution is -0.330. The van der Waals surface area contributed by atoms with Crippen LogP contribution in [0.4, 0.5) is 15.9 Å². The van der Waals surface area contributed by atoms with Crippen LogP contribution in [0, 0.1) is 12.7 Å². The summed E-state index contributed by atoms with van der Waals surface area (Å²) in [6.45, 7) is 6.03. The molecule has 1 N–H and O–H groups in total. The smallest absolute Gasteiger partial charge is 0.275 e. The van der Waals surface area contributed by atoms with Crippen molar-refractivity contribution in [1.29, 1.82) is 0 Å². The van der Waals surface area contributed by atoms with Crippen molar-refractivity contribution in [1.82, 2.24) is 0 Å². The monoisotopic (exact) mass is 362 g/mol. The summed E-state index contributed by atoms with van der Waals surface area (Å²) < 4.78 is 13.2. The van der Waals surface area contributed by atoms with Gasteiger partial charge in [-0.05, 0) is 79.3 Å². The van der Waals surface area contributed by atoms with Crippen LogP contribution in [0.25, 0.3) is 10.9 Å². The number of anilines is 2. The molecule has 5 rings (SSSR count). The first-order chi connectivity index (χ1) is 13.2. The number of nitrogens with zero attached hydrogens (tertiary/aromatic N) is 2. The molecule has 1 saturated heterocycles. The molecule has 27 heavy (non-hydrogen) atoms. The molecular weight excluding hydrogens is 337 g/mol. The van der Waals surface area contributed by atoms with Gasteiger partial charge in [-0.2, -0.15) is 0 Å². The number of hydrogen-bond acceptors (Lipinski definition) is 2. The Hall–Kier alpha value is -2.62. The van der Waals surface area contributed by atoms with Gasteiger partial charge in [0.1, 0.15) is 24.4 Å². The van der Waals surface area contributed by atoms with Gasteiger partial charge in [0.05, 0.1) is 13.1 Å². The number of aromatic nitrogens is 1. The standard InChI is InChI=1S/C23H24FN3/c1-16-13-23(25-22-15-18-4-2-3-17(18)14-21(16)22)27-11-9-26(10-12-27)20-7-5-19(24)6-8-20/h5-8,13-15H,2-4,9-12H2,1H3/p+1. The lowest BCUT2D eigenvalue weighted by Crippen LogP contribution is -2.48. The van der Waals surface area contributed by atoms with Crippen molar-refractivity contribution in [3.05, 3.63) is 65.0 Å². The maximum Gasteiger partial charge on any atom is 0.275 e. The fourth-order valence-electron chi connectivity index (χ4n) is 4.54. The van der Waals surface area contributed by atoms with E-state index in [-0.39, 0.29) is 5.82 Å². The molecular formula is C23H25FN3+. The van der Waals surface area contributed by atoms with E-state index in [2.05, 4.69) is 39.9 Å². The van der Waals surface area contributed by atoms with Gasteiger partial charge >= 0.3 is 0 Å². The number of aromatic amines is 1. The maximum absolute atomic E-state index is 13.2. The summed E-state index contributed by atoms with van der Waals surface area (Å²) in [7, 11) is 0. The topological polar surface area (TPSA) is 20.6 Å². The average Bonchev–Trinajstić information content (AvgIpc) is 3.15. The Morgan fingerprint density at radius 2 is 1.52 bits per heavy atom. The molecule has 0 spiro atoms. The summed E-state index contributed by atoms with van der Waals surface area (Å²) in [4.78, 5) is 8.45. The lowest BCUT2D eigenvalue weighted by atomic mass is 10.0. The maximum atomic E-state index is 13.2. The van der Waals surface area contributed by atoms with Gasteiger partial charge < -0.3 is 4.90 Å². The van der Waals surface area contributed by atoms with E-state index in [1.165, 1.54) is 52.7 Å². The molecule has 1 aliphatic carbocycles. The van der Waals surface area contributed by atoms with Gasteiger partial charge in [-0.3, -0.25) is 4.90 Å². The highest BCUT2D eigenvalue weighted by atomic mass is 19.1. The van der Waals surface area contributed by atoms with E-state index < -0.39 is 0 Å². The number of benzene rings is 2. The summed E-state index contributed by atoms with van der Waals surface area (Å²) in [5, 5.41) is 1.35. The molecule has 0 bridgehead atoms. The van der Waals surface area contributed by atoms with Crippen LogP contribution in [0.3, 0.4) is 0 Å². The molecule has 0 atom stereocenters. The second kappa shape index (κ2) is 6.52. The van der Waals surface area contributed by atoms with Crippen molar-refractivity contribution < 1.29 is 9.37 Å². The summed E-state index contributed by atoms with van der Waals surface area (Å²) >= 11 is 0. The molecule has 0 amide bonds. The molecule has 4 heteroatoms. The zero-order chi connectivity index (χ0) is 18.4. The lowest BCUT2D eigenvalue weighted by Gasteiger charge is -2.32. The number of hydrogen-bond donors (Lipinski definition) is 0. The first-order valence-electron chi connectivity index (χ1n) is 9.91. The normalized spacial score (nSPS) is 16.8. The van der Waals surface area contributed by atoms with Crippen LogP contribution >= 0.6 is 0 Å². The van der Waals surface area contributed by atoms with Gasteiger partial charge in [-0.1, -0.05) is 0 Å². The molecule has 0 radical (unpaired) electrons. The Kier molecular flexibility index (Phi) is 4.00. The molecule has 0 unspecified atom stereocenters. The summed E-state index contributed by atoms with van der Waals surface area (Å²) in [5.74, 6) is 1.03. The minimum Gasteiger partial charge on any atom is -0.364 e. The number of pyridine rings is 1. The van der Waals surface area contributed by atoms with Crippen LogP contribution in [0.2, 0.25) is 0 Å². The third-order valence-electron chi connectivity index (χ3n) is 6.08. The zero-order valence-electron chi connectivity index (χ0n) is 15.8. The van der Waals surface area contributed by atoms with Crippen molar-refractivity contribution in [2.45, 2.75) is 26.2 Å². The summed E-state index contributed by atoms with van der Waals surface area (Å²) in [6.07, 6.45) is 3.71. The van der Waals surface area contributed by atoms with Crippen molar-refractivity contribution in [3.8, 4) is 0 Å². The highest BCUT2D eigenvalue weighted by molar-refractivity contribution is 5.82. The quantitative estimate of drug-likeness (QED) is 0.689. The van der Waals surface area contributed by atoms with Crippen molar-refractivity contribution in [2.75, 3.05) is 36.0 Å². The van der Waals surface area contributed by atoms with Gasteiger partial charge in [0, 0.05) is 17.1 Å². The van der Waals surface area contributed by atoms with Gasteiger partial charge in [0.15, 0.2) is 0 Å². The van der Waals surface area contributed by atoms with Gasteiger partial charge in [-0.25, -0.2) is 9.37 Å². The molecule has 1 fully saturated rings. The molecule has 1 aromatic heterocycles. The first kappa shape index (κ1) is 16.5. The van der Waals surface area contributed by atoms with E-state index >= 15 is 0 Å². The van der Waals surface area contributed by atoms with Gasteiger partial charge in [0.25, 0.3) is 5.82 Å². The highest BCUT2D eigenvalue weighted by Gasteiger charge is 2.25. The number of nitrogens with one attached hydrogen (secondary N) is 1. The minimum absolute atomic E-state index is 0.176. The van der Waals surface area contributed by atoms with E-state index in [1.54, 1.807) is 12.1 Å². The molecule has 2 aliphatic rings. The van der Waals surface area contributed by atoms with Crippen LogP contribution in [-0.2, 0) is 12.8 Å². The van der Waals surface area contributed by atoms with Crippen LogP contribution in [0.15, 0.2) is 42.5 Å². The minimum atomic E-state index is -0.176. The predicted octanol–water partition coefficient (Wildman–Crippen LogP) is 3.92. The summed E-state index contributed by atoms with van der Waals surface area (Å²) in [5.41, 5.74) is 6.74. The second-order valence-electron chi connectivity index (χ2n) is 7.81. The zero-order valence-corrected chi connectivity index (χ0v) is 15.8. The number of halogens is 1. The van der Waals surface area contributed by atoms with Crippen molar-refractivity contribution in [2.24, 2.45) is 0 Å². The Morgan fingerprint density at radius 3 is 2.26 bits per heavy atom. The van der Waals surface area contributed by atoms with E-state index in [0.717, 1.165) is 31.9 Å². The Morgan fingerprint density at radius 1 is 0.852 bits per heavy atom. The van der Waals surface area contributed by atoms with Crippen LogP contribution in [0.1, 0.15) is 23.1 Å². The van der Waals surface area contributed by atoms with Gasteiger partial charge in [-0.15, -0.1) is 0 Å². The van der Waals surface area contributed by atoms with E-state index in [9.17, 15) is 4.39 Å². The molecule has 2 heterocycles. The second-order valence-corrected chi connectivity index (χ2v) is 7.81. The molecule has 0 saturated carbocycles. The SMILES string of the molecule is Cc1cc(N2CCN(c3ccc(F)cc3)CC2)[nH+]c2cc3c(cc12)CCC3. The third kappa shape index (κ3) is 3.03. The number of aryl methyl sites for hydroxylation is 3. The van der Waals surface area contributed by atoms with Crippen LogP contribution in [-0.4, -0.2) is 26.2 Å². The Labute approximate surface area is 159 Å². The predicted molar refractivity (Wildman–Crippen MR) is 108 cm³/mol. The van der Waals surface area contributed by atoms with E-state index in [4.69, 9.17) is 0 Å². The van der Waals surface area contributed by atoms with Crippen LogP contribution in [0.5, 0.6) is 0 Å². The number of piperazine rings is 1. The Bertz CT molecular complexity index is 989. The van der Waals surface area contributed by atoms with Crippen LogP contribution < -0.4 is 14.8 Å². The fraction of sp³-hybridized carbons (Fsp3) is 0.348. The molecule has 3 nitrogen and oxygen atoms in total. The fourth-order valence-corrected chi connectivity index (χ4v) is 4.54. The molecule has 2 aromatic carbocycles. The molecule has 1 aliphatic heterocycles. The number of H-pyrrole nitrogens is 1. The van der Waals surface area contributed by atoms with Crippen molar-refractivity contribution >= 4 is 22.4 Å².